The van der Waals surface area contributed by atoms with Crippen LogP contribution in [0.15, 0.2) is 24.0 Å². The molecule has 0 radical (unpaired) electrons. The van der Waals surface area contributed by atoms with Gasteiger partial charge in [0.25, 0.3) is 0 Å². The lowest BCUT2D eigenvalue weighted by molar-refractivity contribution is 0.580. The first kappa shape index (κ1) is 8.25. The highest BCUT2D eigenvalue weighted by Crippen LogP contribution is 2.22. The van der Waals surface area contributed by atoms with Crippen LogP contribution in [0.3, 0.4) is 0 Å². The minimum atomic E-state index is 0.169. The van der Waals surface area contributed by atoms with E-state index in [-0.39, 0.29) is 6.04 Å². The van der Waals surface area contributed by atoms with E-state index >= 15 is 0 Å². The van der Waals surface area contributed by atoms with E-state index in [2.05, 4.69) is 17.0 Å². The lowest BCUT2D eigenvalue weighted by Gasteiger charge is -2.10. The van der Waals surface area contributed by atoms with Gasteiger partial charge in [-0.3, -0.25) is 4.98 Å². The molecule has 2 aromatic heterocycles. The highest BCUT2D eigenvalue weighted by Gasteiger charge is 2.11. The van der Waals surface area contributed by atoms with Crippen LogP contribution in [0.1, 0.15) is 17.8 Å². The molecule has 0 aliphatic carbocycles. The van der Waals surface area contributed by atoms with E-state index in [0.717, 1.165) is 4.88 Å². The molecule has 2 heterocycles. The van der Waals surface area contributed by atoms with Gasteiger partial charge in [0.15, 0.2) is 0 Å². The predicted octanol–water partition coefficient (Wildman–Crippen LogP) is 1.53. The van der Waals surface area contributed by atoms with Crippen molar-refractivity contribution in [3.8, 4) is 0 Å². The SMILES string of the molecule is CC(c1cncs1)n1nccc1N. The van der Waals surface area contributed by atoms with Crippen LogP contribution in [0.4, 0.5) is 5.82 Å². The first-order valence-electron chi connectivity index (χ1n) is 3.96. The van der Waals surface area contributed by atoms with E-state index in [9.17, 15) is 0 Å². The maximum atomic E-state index is 5.73. The summed E-state index contributed by atoms with van der Waals surface area (Å²) in [7, 11) is 0. The Bertz CT molecular complexity index is 379. The molecule has 2 N–H and O–H groups in total. The zero-order valence-electron chi connectivity index (χ0n) is 7.21. The number of aromatic nitrogens is 3. The van der Waals surface area contributed by atoms with Gasteiger partial charge in [-0.2, -0.15) is 5.10 Å². The number of nitrogens with zero attached hydrogens (tertiary/aromatic N) is 3. The van der Waals surface area contributed by atoms with Gasteiger partial charge in [0.2, 0.25) is 0 Å². The topological polar surface area (TPSA) is 56.7 Å². The van der Waals surface area contributed by atoms with Gasteiger partial charge in [-0.25, -0.2) is 4.68 Å². The summed E-state index contributed by atoms with van der Waals surface area (Å²) in [5.74, 6) is 0.681. The molecule has 1 unspecified atom stereocenters. The van der Waals surface area contributed by atoms with Crippen LogP contribution in [0, 0.1) is 0 Å². The molecule has 2 aromatic rings. The van der Waals surface area contributed by atoms with Crippen LogP contribution in [-0.4, -0.2) is 14.8 Å². The van der Waals surface area contributed by atoms with Crippen molar-refractivity contribution in [2.75, 3.05) is 5.73 Å². The van der Waals surface area contributed by atoms with Crippen LogP contribution in [0.2, 0.25) is 0 Å². The number of nitrogens with two attached hydrogens (primary N) is 1. The molecule has 2 rings (SSSR count). The van der Waals surface area contributed by atoms with Gasteiger partial charge in [0.1, 0.15) is 5.82 Å². The Labute approximate surface area is 80.0 Å². The van der Waals surface area contributed by atoms with Crippen molar-refractivity contribution in [2.24, 2.45) is 0 Å². The average Bonchev–Trinajstić information content (AvgIpc) is 2.72. The van der Waals surface area contributed by atoms with Gasteiger partial charge in [0, 0.05) is 11.1 Å². The minimum absolute atomic E-state index is 0.169. The van der Waals surface area contributed by atoms with Gasteiger partial charge < -0.3 is 5.73 Å². The highest BCUT2D eigenvalue weighted by atomic mass is 32.1. The molecule has 0 aromatic carbocycles. The number of thiazole rings is 1. The first-order chi connectivity index (χ1) is 6.29. The summed E-state index contributed by atoms with van der Waals surface area (Å²) in [6.45, 7) is 2.05. The van der Waals surface area contributed by atoms with Crippen LogP contribution in [0.5, 0.6) is 0 Å². The van der Waals surface area contributed by atoms with Crippen LogP contribution >= 0.6 is 11.3 Å². The predicted molar refractivity (Wildman–Crippen MR) is 52.6 cm³/mol. The molecule has 68 valence electrons. The summed E-state index contributed by atoms with van der Waals surface area (Å²) >= 11 is 1.61. The molecule has 0 fully saturated rings. The normalized spacial score (nSPS) is 13.0. The maximum Gasteiger partial charge on any atom is 0.122 e. The molecule has 0 saturated carbocycles. The van der Waals surface area contributed by atoms with Gasteiger partial charge in [-0.15, -0.1) is 11.3 Å². The molecule has 13 heavy (non-hydrogen) atoms. The molecular weight excluding hydrogens is 184 g/mol. The molecule has 5 heteroatoms. The molecule has 1 atom stereocenters. The van der Waals surface area contributed by atoms with Crippen molar-refractivity contribution in [2.45, 2.75) is 13.0 Å². The molecule has 0 aliphatic rings. The van der Waals surface area contributed by atoms with Crippen molar-refractivity contribution in [1.29, 1.82) is 0 Å². The summed E-state index contributed by atoms with van der Waals surface area (Å²) < 4.78 is 1.79. The van der Waals surface area contributed by atoms with E-state index in [0.29, 0.717) is 5.82 Å². The smallest absolute Gasteiger partial charge is 0.122 e. The molecule has 0 bridgehead atoms. The zero-order valence-corrected chi connectivity index (χ0v) is 8.03. The third-order valence-electron chi connectivity index (χ3n) is 1.93. The van der Waals surface area contributed by atoms with Gasteiger partial charge in [-0.05, 0) is 13.0 Å². The van der Waals surface area contributed by atoms with E-state index in [1.165, 1.54) is 0 Å². The molecule has 0 amide bonds. The lowest BCUT2D eigenvalue weighted by Crippen LogP contribution is -2.09. The largest absolute Gasteiger partial charge is 0.384 e. The average molecular weight is 194 g/mol. The Kier molecular flexibility index (Phi) is 2.02. The Balaban J connectivity index is 2.33. The Hall–Kier alpha value is -1.36. The summed E-state index contributed by atoms with van der Waals surface area (Å²) in [6.07, 6.45) is 3.54. The Morgan fingerprint density at radius 1 is 1.62 bits per heavy atom. The van der Waals surface area contributed by atoms with E-state index < -0.39 is 0 Å². The van der Waals surface area contributed by atoms with E-state index in [1.54, 1.807) is 28.3 Å². The summed E-state index contributed by atoms with van der Waals surface area (Å²) in [5, 5.41) is 4.14. The standard InChI is InChI=1S/C8H10N4S/c1-6(7-4-10-5-13-7)12-8(9)2-3-11-12/h2-6H,9H2,1H3. The summed E-state index contributed by atoms with van der Waals surface area (Å²) in [4.78, 5) is 5.18. The molecule has 0 aliphatic heterocycles. The Morgan fingerprint density at radius 3 is 3.00 bits per heavy atom. The third kappa shape index (κ3) is 1.42. The van der Waals surface area contributed by atoms with Crippen LogP contribution in [-0.2, 0) is 0 Å². The van der Waals surface area contributed by atoms with Crippen molar-refractivity contribution in [3.05, 3.63) is 28.8 Å². The molecule has 0 saturated heterocycles. The zero-order chi connectivity index (χ0) is 9.26. The number of nitrogen functional groups attached to an aromatic ring is 1. The van der Waals surface area contributed by atoms with Crippen molar-refractivity contribution < 1.29 is 0 Å². The van der Waals surface area contributed by atoms with Crippen LogP contribution in [0.25, 0.3) is 0 Å². The number of rotatable bonds is 2. The highest BCUT2D eigenvalue weighted by molar-refractivity contribution is 7.09. The second-order valence-corrected chi connectivity index (χ2v) is 3.70. The van der Waals surface area contributed by atoms with Gasteiger partial charge >= 0.3 is 0 Å². The molecule has 0 spiro atoms. The maximum absolute atomic E-state index is 5.73. The monoisotopic (exact) mass is 194 g/mol. The van der Waals surface area contributed by atoms with Crippen LogP contribution < -0.4 is 5.73 Å². The van der Waals surface area contributed by atoms with Crippen molar-refractivity contribution in [3.63, 3.8) is 0 Å². The summed E-state index contributed by atoms with van der Waals surface area (Å²) in [5.41, 5.74) is 7.54. The van der Waals surface area contributed by atoms with Crippen molar-refractivity contribution in [1.82, 2.24) is 14.8 Å². The number of anilines is 1. The summed E-state index contributed by atoms with van der Waals surface area (Å²) in [6, 6.07) is 1.96. The first-order valence-corrected chi connectivity index (χ1v) is 4.84. The van der Waals surface area contributed by atoms with Gasteiger partial charge in [0.05, 0.1) is 17.7 Å². The van der Waals surface area contributed by atoms with Gasteiger partial charge in [-0.1, -0.05) is 0 Å². The molecule has 4 nitrogen and oxygen atoms in total. The number of hydrogen-bond acceptors (Lipinski definition) is 4. The fraction of sp³-hybridized carbons (Fsp3) is 0.250. The molecular formula is C8H10N4S. The number of hydrogen-bond donors (Lipinski definition) is 1. The minimum Gasteiger partial charge on any atom is -0.384 e. The quantitative estimate of drug-likeness (QED) is 0.788. The lowest BCUT2D eigenvalue weighted by atomic mass is 10.3. The van der Waals surface area contributed by atoms with E-state index in [4.69, 9.17) is 5.73 Å². The third-order valence-corrected chi connectivity index (χ3v) is 2.88. The Morgan fingerprint density at radius 2 is 2.46 bits per heavy atom. The fourth-order valence-corrected chi connectivity index (χ4v) is 1.86. The van der Waals surface area contributed by atoms with Crippen molar-refractivity contribution >= 4 is 17.2 Å². The second kappa shape index (κ2) is 3.18. The fourth-order valence-electron chi connectivity index (χ4n) is 1.20. The second-order valence-electron chi connectivity index (χ2n) is 2.78. The van der Waals surface area contributed by atoms with E-state index in [1.807, 2.05) is 11.7 Å².